The van der Waals surface area contributed by atoms with Gasteiger partial charge in [-0.1, -0.05) is 28.1 Å². The summed E-state index contributed by atoms with van der Waals surface area (Å²) >= 11 is 3.37. The fourth-order valence-corrected chi connectivity index (χ4v) is 2.87. The first-order valence-electron chi connectivity index (χ1n) is 7.97. The molecule has 1 saturated carbocycles. The van der Waals surface area contributed by atoms with Gasteiger partial charge in [-0.3, -0.25) is 4.79 Å². The summed E-state index contributed by atoms with van der Waals surface area (Å²) in [5, 5.41) is 3.10. The van der Waals surface area contributed by atoms with Crippen LogP contribution in [0, 0.1) is 5.92 Å². The van der Waals surface area contributed by atoms with Crippen LogP contribution in [0.3, 0.4) is 0 Å². The maximum atomic E-state index is 12.3. The number of hydrogen-bond donors (Lipinski definition) is 1. The lowest BCUT2D eigenvalue weighted by molar-refractivity contribution is -0.124. The summed E-state index contributed by atoms with van der Waals surface area (Å²) in [6.07, 6.45) is 2.29. The predicted molar refractivity (Wildman–Crippen MR) is 96.2 cm³/mol. The minimum Gasteiger partial charge on any atom is -0.497 e. The maximum Gasteiger partial charge on any atom is 0.258 e. The second kappa shape index (κ2) is 7.71. The van der Waals surface area contributed by atoms with Crippen molar-refractivity contribution in [3.05, 3.63) is 58.6 Å². The zero-order valence-electron chi connectivity index (χ0n) is 13.5. The Morgan fingerprint density at radius 1 is 1.12 bits per heavy atom. The molecule has 2 aromatic carbocycles. The van der Waals surface area contributed by atoms with Gasteiger partial charge >= 0.3 is 0 Å². The van der Waals surface area contributed by atoms with Gasteiger partial charge in [0.1, 0.15) is 11.5 Å². The Bertz CT molecular complexity index is 681. The van der Waals surface area contributed by atoms with Crippen LogP contribution in [0.15, 0.2) is 53.0 Å². The monoisotopic (exact) mass is 389 g/mol. The first-order chi connectivity index (χ1) is 11.7. The van der Waals surface area contributed by atoms with Crippen molar-refractivity contribution in [2.24, 2.45) is 5.92 Å². The Kier molecular flexibility index (Phi) is 5.41. The average Bonchev–Trinajstić information content (AvgIpc) is 3.44. The lowest BCUT2D eigenvalue weighted by Gasteiger charge is -2.19. The quantitative estimate of drug-likeness (QED) is 0.774. The van der Waals surface area contributed by atoms with Gasteiger partial charge in [0.25, 0.3) is 5.91 Å². The van der Waals surface area contributed by atoms with E-state index in [4.69, 9.17) is 9.47 Å². The summed E-state index contributed by atoms with van der Waals surface area (Å²) in [4.78, 5) is 12.3. The minimum atomic E-state index is -0.106. The molecule has 1 unspecified atom stereocenters. The first-order valence-corrected chi connectivity index (χ1v) is 8.76. The predicted octanol–water partition coefficient (Wildman–Crippen LogP) is 4.10. The Labute approximate surface area is 150 Å². The molecule has 4 nitrogen and oxygen atoms in total. The Balaban J connectivity index is 1.58. The van der Waals surface area contributed by atoms with Crippen LogP contribution in [-0.2, 0) is 4.79 Å². The molecule has 2 aromatic rings. The van der Waals surface area contributed by atoms with E-state index in [9.17, 15) is 4.79 Å². The van der Waals surface area contributed by atoms with Crippen molar-refractivity contribution in [3.63, 3.8) is 0 Å². The van der Waals surface area contributed by atoms with Crippen LogP contribution in [0.4, 0.5) is 0 Å². The third-order valence-electron chi connectivity index (χ3n) is 4.07. The van der Waals surface area contributed by atoms with Gasteiger partial charge in [-0.15, -0.1) is 0 Å². The van der Waals surface area contributed by atoms with Gasteiger partial charge in [0.15, 0.2) is 6.61 Å². The number of methoxy groups -OCH3 is 1. The number of amides is 1. The normalized spacial score (nSPS) is 14.8. The van der Waals surface area contributed by atoms with Gasteiger partial charge in [0, 0.05) is 4.47 Å². The van der Waals surface area contributed by atoms with Gasteiger partial charge in [0.05, 0.1) is 13.2 Å². The molecule has 0 aromatic heterocycles. The van der Waals surface area contributed by atoms with E-state index in [1.807, 2.05) is 48.5 Å². The van der Waals surface area contributed by atoms with Crippen molar-refractivity contribution in [2.75, 3.05) is 13.7 Å². The average molecular weight is 390 g/mol. The summed E-state index contributed by atoms with van der Waals surface area (Å²) in [5.41, 5.74) is 1.11. The highest BCUT2D eigenvalue weighted by Crippen LogP contribution is 2.41. The second-order valence-corrected chi connectivity index (χ2v) is 6.81. The van der Waals surface area contributed by atoms with Crippen molar-refractivity contribution in [2.45, 2.75) is 18.9 Å². The molecule has 1 N–H and O–H groups in total. The van der Waals surface area contributed by atoms with Gasteiger partial charge in [-0.05, 0) is 60.7 Å². The number of carbonyl (C=O) groups is 1. The van der Waals surface area contributed by atoms with E-state index in [1.165, 1.54) is 0 Å². The summed E-state index contributed by atoms with van der Waals surface area (Å²) in [5.74, 6) is 1.90. The molecule has 1 amide bonds. The molecule has 0 saturated heterocycles. The van der Waals surface area contributed by atoms with E-state index < -0.39 is 0 Å². The number of rotatable bonds is 7. The zero-order valence-corrected chi connectivity index (χ0v) is 15.1. The molecule has 0 bridgehead atoms. The van der Waals surface area contributed by atoms with Crippen LogP contribution < -0.4 is 14.8 Å². The zero-order chi connectivity index (χ0) is 16.9. The molecule has 1 fully saturated rings. The van der Waals surface area contributed by atoms with Crippen molar-refractivity contribution in [1.29, 1.82) is 0 Å². The SMILES string of the molecule is COc1ccc(C(NC(=O)COc2ccc(Br)cc2)C2CC2)cc1. The van der Waals surface area contributed by atoms with Crippen LogP contribution in [0.2, 0.25) is 0 Å². The topological polar surface area (TPSA) is 47.6 Å². The molecule has 1 atom stereocenters. The summed E-state index contributed by atoms with van der Waals surface area (Å²) in [7, 11) is 1.65. The van der Waals surface area contributed by atoms with Crippen molar-refractivity contribution in [3.8, 4) is 11.5 Å². The highest BCUT2D eigenvalue weighted by atomic mass is 79.9. The van der Waals surface area contributed by atoms with E-state index in [1.54, 1.807) is 7.11 Å². The maximum absolute atomic E-state index is 12.3. The molecule has 0 radical (unpaired) electrons. The van der Waals surface area contributed by atoms with Crippen LogP contribution in [0.1, 0.15) is 24.4 Å². The van der Waals surface area contributed by atoms with E-state index in [-0.39, 0.29) is 18.6 Å². The summed E-state index contributed by atoms with van der Waals surface area (Å²) in [6.45, 7) is 0.0149. The number of nitrogens with one attached hydrogen (secondary N) is 1. The lowest BCUT2D eigenvalue weighted by Crippen LogP contribution is -2.33. The van der Waals surface area contributed by atoms with Crippen LogP contribution in [0.5, 0.6) is 11.5 Å². The van der Waals surface area contributed by atoms with Gasteiger partial charge in [-0.25, -0.2) is 0 Å². The summed E-state index contributed by atoms with van der Waals surface area (Å²) < 4.78 is 11.7. The molecular weight excluding hydrogens is 370 g/mol. The number of benzene rings is 2. The Morgan fingerprint density at radius 3 is 2.33 bits per heavy atom. The van der Waals surface area contributed by atoms with E-state index in [2.05, 4.69) is 21.2 Å². The molecule has 1 aliphatic rings. The standard InChI is InChI=1S/C19H20BrNO3/c1-23-16-8-4-14(5-9-16)19(13-2-3-13)21-18(22)12-24-17-10-6-15(20)7-11-17/h4-11,13,19H,2-3,12H2,1H3,(H,21,22). The van der Waals surface area contributed by atoms with E-state index in [0.717, 1.165) is 28.6 Å². The highest BCUT2D eigenvalue weighted by molar-refractivity contribution is 9.10. The fraction of sp³-hybridized carbons (Fsp3) is 0.316. The molecule has 24 heavy (non-hydrogen) atoms. The molecule has 0 heterocycles. The first kappa shape index (κ1) is 16.8. The lowest BCUT2D eigenvalue weighted by atomic mass is 10.0. The molecule has 1 aliphatic carbocycles. The van der Waals surface area contributed by atoms with E-state index >= 15 is 0 Å². The number of carbonyl (C=O) groups excluding carboxylic acids is 1. The second-order valence-electron chi connectivity index (χ2n) is 5.90. The Morgan fingerprint density at radius 2 is 1.75 bits per heavy atom. The molecule has 3 rings (SSSR count). The summed E-state index contributed by atoms with van der Waals surface area (Å²) in [6, 6.07) is 15.4. The highest BCUT2D eigenvalue weighted by Gasteiger charge is 2.33. The third-order valence-corrected chi connectivity index (χ3v) is 4.60. The largest absolute Gasteiger partial charge is 0.497 e. The number of halogens is 1. The molecule has 0 aliphatic heterocycles. The third kappa shape index (κ3) is 4.51. The Hall–Kier alpha value is -2.01. The van der Waals surface area contributed by atoms with E-state index in [0.29, 0.717) is 11.7 Å². The molecule has 5 heteroatoms. The molecule has 126 valence electrons. The molecular formula is C19H20BrNO3. The van der Waals surface area contributed by atoms with Crippen LogP contribution in [-0.4, -0.2) is 19.6 Å². The van der Waals surface area contributed by atoms with Crippen LogP contribution >= 0.6 is 15.9 Å². The minimum absolute atomic E-state index is 0.0149. The van der Waals surface area contributed by atoms with Crippen molar-refractivity contribution in [1.82, 2.24) is 5.32 Å². The van der Waals surface area contributed by atoms with Crippen molar-refractivity contribution >= 4 is 21.8 Å². The van der Waals surface area contributed by atoms with Gasteiger partial charge in [0.2, 0.25) is 0 Å². The van der Waals surface area contributed by atoms with Crippen LogP contribution in [0.25, 0.3) is 0 Å². The number of hydrogen-bond acceptors (Lipinski definition) is 3. The number of ether oxygens (including phenoxy) is 2. The molecule has 0 spiro atoms. The smallest absolute Gasteiger partial charge is 0.258 e. The van der Waals surface area contributed by atoms with Gasteiger partial charge < -0.3 is 14.8 Å². The fourth-order valence-electron chi connectivity index (χ4n) is 2.61. The van der Waals surface area contributed by atoms with Crippen molar-refractivity contribution < 1.29 is 14.3 Å². The van der Waals surface area contributed by atoms with Gasteiger partial charge in [-0.2, -0.15) is 0 Å².